The number of benzene rings is 2. The number of amides is 1. The molecule has 0 aliphatic rings. The van der Waals surface area contributed by atoms with Crippen LogP contribution in [0.3, 0.4) is 0 Å². The fraction of sp³-hybridized carbons (Fsp3) is 0.300. The Morgan fingerprint density at radius 2 is 1.71 bits per heavy atom. The number of sulfonamides is 1. The van der Waals surface area contributed by atoms with Crippen LogP contribution in [0.1, 0.15) is 25.0 Å². The van der Waals surface area contributed by atoms with E-state index < -0.39 is 15.9 Å². The van der Waals surface area contributed by atoms with Gasteiger partial charge < -0.3 is 4.74 Å². The standard InChI is InChI=1S/C20H25N3O4S/c1-5-27-19-12-10-18(11-13-19)23(28(4,25)26)14-20(24)22-21-16(3)17-8-6-15(2)7-9-17/h6-13H,5,14H2,1-4H3,(H,22,24)/b21-16-. The Morgan fingerprint density at radius 1 is 1.11 bits per heavy atom. The highest BCUT2D eigenvalue weighted by atomic mass is 32.2. The zero-order valence-corrected chi connectivity index (χ0v) is 17.3. The van der Waals surface area contributed by atoms with Crippen LogP contribution in [0, 0.1) is 6.92 Å². The van der Waals surface area contributed by atoms with Crippen LogP contribution >= 0.6 is 0 Å². The molecule has 0 saturated carbocycles. The molecule has 8 heteroatoms. The van der Waals surface area contributed by atoms with Crippen molar-refractivity contribution in [2.45, 2.75) is 20.8 Å². The van der Waals surface area contributed by atoms with E-state index >= 15 is 0 Å². The Morgan fingerprint density at radius 3 is 2.25 bits per heavy atom. The van der Waals surface area contributed by atoms with Crippen molar-refractivity contribution < 1.29 is 17.9 Å². The highest BCUT2D eigenvalue weighted by molar-refractivity contribution is 7.92. The van der Waals surface area contributed by atoms with E-state index in [0.717, 1.165) is 21.7 Å². The average Bonchev–Trinajstić information content (AvgIpc) is 2.65. The maximum absolute atomic E-state index is 12.3. The van der Waals surface area contributed by atoms with Crippen molar-refractivity contribution in [3.05, 3.63) is 59.7 Å². The molecule has 0 spiro atoms. The van der Waals surface area contributed by atoms with Gasteiger partial charge in [-0.25, -0.2) is 13.8 Å². The van der Waals surface area contributed by atoms with Gasteiger partial charge in [-0.3, -0.25) is 9.10 Å². The minimum absolute atomic E-state index is 0.375. The lowest BCUT2D eigenvalue weighted by molar-refractivity contribution is -0.119. The second-order valence-electron chi connectivity index (χ2n) is 6.29. The van der Waals surface area contributed by atoms with Crippen LogP contribution < -0.4 is 14.5 Å². The minimum atomic E-state index is -3.65. The molecule has 2 aromatic rings. The van der Waals surface area contributed by atoms with E-state index in [1.807, 2.05) is 38.1 Å². The van der Waals surface area contributed by atoms with Crippen molar-refractivity contribution in [2.75, 3.05) is 23.7 Å². The van der Waals surface area contributed by atoms with E-state index in [1.165, 1.54) is 0 Å². The molecule has 2 aromatic carbocycles. The quantitative estimate of drug-likeness (QED) is 0.542. The first-order valence-electron chi connectivity index (χ1n) is 8.81. The summed E-state index contributed by atoms with van der Waals surface area (Å²) >= 11 is 0. The number of aryl methyl sites for hydroxylation is 1. The highest BCUT2D eigenvalue weighted by Crippen LogP contribution is 2.21. The topological polar surface area (TPSA) is 88.1 Å². The van der Waals surface area contributed by atoms with E-state index in [9.17, 15) is 13.2 Å². The maximum atomic E-state index is 12.3. The molecule has 0 fully saturated rings. The lowest BCUT2D eigenvalue weighted by Gasteiger charge is -2.21. The Labute approximate surface area is 166 Å². The number of carbonyl (C=O) groups is 1. The van der Waals surface area contributed by atoms with Gasteiger partial charge in [0, 0.05) is 0 Å². The number of carbonyl (C=O) groups excluding carboxylic acids is 1. The number of nitrogens with zero attached hydrogens (tertiary/aromatic N) is 2. The van der Waals surface area contributed by atoms with Gasteiger partial charge in [-0.2, -0.15) is 5.10 Å². The highest BCUT2D eigenvalue weighted by Gasteiger charge is 2.20. The molecule has 0 heterocycles. The normalized spacial score (nSPS) is 11.8. The summed E-state index contributed by atoms with van der Waals surface area (Å²) in [5, 5.41) is 4.07. The summed E-state index contributed by atoms with van der Waals surface area (Å²) in [5.74, 6) is 0.0910. The Kier molecular flexibility index (Phi) is 7.17. The van der Waals surface area contributed by atoms with Gasteiger partial charge in [0.15, 0.2) is 0 Å². The molecule has 0 unspecified atom stereocenters. The van der Waals surface area contributed by atoms with E-state index in [0.29, 0.717) is 23.8 Å². The smallest absolute Gasteiger partial charge is 0.260 e. The first kappa shape index (κ1) is 21.4. The van der Waals surface area contributed by atoms with Gasteiger partial charge in [0.05, 0.1) is 24.3 Å². The molecule has 28 heavy (non-hydrogen) atoms. The number of anilines is 1. The van der Waals surface area contributed by atoms with Gasteiger partial charge in [0.25, 0.3) is 5.91 Å². The van der Waals surface area contributed by atoms with Gasteiger partial charge in [0.1, 0.15) is 12.3 Å². The summed E-state index contributed by atoms with van der Waals surface area (Å²) in [5.41, 5.74) is 5.42. The van der Waals surface area contributed by atoms with Crippen molar-refractivity contribution in [1.29, 1.82) is 0 Å². The van der Waals surface area contributed by atoms with Gasteiger partial charge in [-0.1, -0.05) is 29.8 Å². The van der Waals surface area contributed by atoms with Crippen LogP contribution in [0.25, 0.3) is 0 Å². The number of hydrogen-bond donors (Lipinski definition) is 1. The monoisotopic (exact) mass is 403 g/mol. The van der Waals surface area contributed by atoms with E-state index in [-0.39, 0.29) is 6.54 Å². The number of hydrazone groups is 1. The molecule has 1 N–H and O–H groups in total. The molecule has 0 saturated heterocycles. The fourth-order valence-electron chi connectivity index (χ4n) is 2.45. The van der Waals surface area contributed by atoms with Crippen molar-refractivity contribution in [1.82, 2.24) is 5.43 Å². The lowest BCUT2D eigenvalue weighted by atomic mass is 10.1. The summed E-state index contributed by atoms with van der Waals surface area (Å²) in [6, 6.07) is 14.2. The third-order valence-corrected chi connectivity index (χ3v) is 5.08. The first-order chi connectivity index (χ1) is 13.2. The molecular weight excluding hydrogens is 378 g/mol. The van der Waals surface area contributed by atoms with Crippen molar-refractivity contribution >= 4 is 27.3 Å². The van der Waals surface area contributed by atoms with E-state index in [4.69, 9.17) is 4.74 Å². The third kappa shape index (κ3) is 6.09. The van der Waals surface area contributed by atoms with Crippen LogP contribution in [0.5, 0.6) is 5.75 Å². The summed E-state index contributed by atoms with van der Waals surface area (Å²) < 4.78 is 30.7. The molecule has 0 bridgehead atoms. The molecule has 1 amide bonds. The molecule has 2 rings (SSSR count). The Balaban J connectivity index is 2.10. The van der Waals surface area contributed by atoms with Crippen molar-refractivity contribution in [2.24, 2.45) is 5.10 Å². The zero-order chi connectivity index (χ0) is 20.7. The molecule has 150 valence electrons. The summed E-state index contributed by atoms with van der Waals surface area (Å²) in [7, 11) is -3.65. The van der Waals surface area contributed by atoms with Crippen LogP contribution in [0.4, 0.5) is 5.69 Å². The molecule has 0 atom stereocenters. The average molecular weight is 404 g/mol. The Hall–Kier alpha value is -2.87. The predicted molar refractivity (Wildman–Crippen MR) is 111 cm³/mol. The van der Waals surface area contributed by atoms with E-state index in [2.05, 4.69) is 10.5 Å². The largest absolute Gasteiger partial charge is 0.494 e. The minimum Gasteiger partial charge on any atom is -0.494 e. The van der Waals surface area contributed by atoms with Crippen molar-refractivity contribution in [3.8, 4) is 5.75 Å². The second kappa shape index (κ2) is 9.36. The number of ether oxygens (including phenoxy) is 1. The van der Waals surface area contributed by atoms with Crippen LogP contribution in [0.15, 0.2) is 53.6 Å². The number of rotatable bonds is 8. The molecule has 0 aliphatic heterocycles. The molecular formula is C20H25N3O4S. The van der Waals surface area contributed by atoms with Crippen molar-refractivity contribution in [3.63, 3.8) is 0 Å². The Bertz CT molecular complexity index is 936. The summed E-state index contributed by atoms with van der Waals surface area (Å²) in [6.07, 6.45) is 1.05. The van der Waals surface area contributed by atoms with Gasteiger partial charge in [-0.05, 0) is 50.6 Å². The molecule has 0 radical (unpaired) electrons. The maximum Gasteiger partial charge on any atom is 0.260 e. The summed E-state index contributed by atoms with van der Waals surface area (Å²) in [6.45, 7) is 5.75. The number of nitrogens with one attached hydrogen (secondary N) is 1. The second-order valence-corrected chi connectivity index (χ2v) is 8.20. The molecule has 0 aliphatic carbocycles. The van der Waals surface area contributed by atoms with Gasteiger partial charge >= 0.3 is 0 Å². The SMILES string of the molecule is CCOc1ccc(N(CC(=O)N/N=C(/C)c2ccc(C)cc2)S(C)(=O)=O)cc1. The summed E-state index contributed by atoms with van der Waals surface area (Å²) in [4.78, 5) is 12.3. The first-order valence-corrected chi connectivity index (χ1v) is 10.7. The lowest BCUT2D eigenvalue weighted by Crippen LogP contribution is -2.39. The zero-order valence-electron chi connectivity index (χ0n) is 16.5. The number of hydrogen-bond acceptors (Lipinski definition) is 5. The van der Waals surface area contributed by atoms with Crippen LogP contribution in [-0.4, -0.2) is 39.4 Å². The predicted octanol–water partition coefficient (Wildman–Crippen LogP) is 2.70. The van der Waals surface area contributed by atoms with E-state index in [1.54, 1.807) is 31.2 Å². The molecule has 0 aromatic heterocycles. The van der Waals surface area contributed by atoms with Crippen LogP contribution in [-0.2, 0) is 14.8 Å². The van der Waals surface area contributed by atoms with Gasteiger partial charge in [-0.15, -0.1) is 0 Å². The molecule has 7 nitrogen and oxygen atoms in total. The third-order valence-electron chi connectivity index (χ3n) is 3.94. The van der Waals surface area contributed by atoms with Gasteiger partial charge in [0.2, 0.25) is 10.0 Å². The van der Waals surface area contributed by atoms with Crippen LogP contribution in [0.2, 0.25) is 0 Å². The fourth-order valence-corrected chi connectivity index (χ4v) is 3.30.